The number of nitrogens with one attached hydrogen (secondary N) is 2. The number of urea groups is 1. The van der Waals surface area contributed by atoms with Crippen molar-refractivity contribution in [1.82, 2.24) is 14.9 Å². The Morgan fingerprint density at radius 2 is 1.68 bits per heavy atom. The Kier molecular flexibility index (Phi) is 6.28. The highest BCUT2D eigenvalue weighted by Crippen LogP contribution is 2.20. The van der Waals surface area contributed by atoms with E-state index in [9.17, 15) is 13.2 Å². The molecule has 0 aliphatic heterocycles. The molecular formula is C12H27N3O3S. The highest BCUT2D eigenvalue weighted by atomic mass is 32.2. The summed E-state index contributed by atoms with van der Waals surface area (Å²) < 4.78 is 24.2. The second-order valence-electron chi connectivity index (χ2n) is 6.23. The van der Waals surface area contributed by atoms with Crippen LogP contribution in [0.4, 0.5) is 4.79 Å². The maximum atomic E-state index is 11.8. The van der Waals surface area contributed by atoms with E-state index in [0.29, 0.717) is 0 Å². The van der Waals surface area contributed by atoms with Crippen molar-refractivity contribution in [3.8, 4) is 0 Å². The summed E-state index contributed by atoms with van der Waals surface area (Å²) in [6, 6.07) is -0.518. The molecule has 1 atom stereocenters. The monoisotopic (exact) mass is 293 g/mol. The van der Waals surface area contributed by atoms with Gasteiger partial charge in [-0.2, -0.15) is 0 Å². The van der Waals surface area contributed by atoms with Crippen LogP contribution in [0.5, 0.6) is 0 Å². The van der Waals surface area contributed by atoms with Gasteiger partial charge in [0.25, 0.3) is 0 Å². The zero-order valence-electron chi connectivity index (χ0n) is 12.9. The summed E-state index contributed by atoms with van der Waals surface area (Å²) >= 11 is 0. The zero-order chi connectivity index (χ0) is 15.4. The van der Waals surface area contributed by atoms with E-state index in [2.05, 4.69) is 10.6 Å². The first-order chi connectivity index (χ1) is 8.34. The maximum absolute atomic E-state index is 11.8. The van der Waals surface area contributed by atoms with Crippen LogP contribution in [-0.4, -0.2) is 50.7 Å². The molecule has 0 radical (unpaired) electrons. The smallest absolute Gasteiger partial charge is 0.315 e. The van der Waals surface area contributed by atoms with Gasteiger partial charge in [-0.3, -0.25) is 0 Å². The molecule has 19 heavy (non-hydrogen) atoms. The number of carbonyl (C=O) groups excluding carboxylic acids is 1. The molecule has 0 fully saturated rings. The average Bonchev–Trinajstić information content (AvgIpc) is 2.11. The molecular weight excluding hydrogens is 266 g/mol. The highest BCUT2D eigenvalue weighted by Gasteiger charge is 2.29. The number of nitrogens with zero attached hydrogens (tertiary/aromatic N) is 1. The van der Waals surface area contributed by atoms with Gasteiger partial charge in [-0.15, -0.1) is 0 Å². The Bertz CT molecular complexity index is 399. The third-order valence-electron chi connectivity index (χ3n) is 2.78. The van der Waals surface area contributed by atoms with Gasteiger partial charge >= 0.3 is 6.03 Å². The van der Waals surface area contributed by atoms with Gasteiger partial charge in [0.05, 0.1) is 6.26 Å². The van der Waals surface area contributed by atoms with E-state index in [0.717, 1.165) is 6.26 Å². The van der Waals surface area contributed by atoms with Crippen LogP contribution < -0.4 is 10.6 Å². The van der Waals surface area contributed by atoms with Gasteiger partial charge in [-0.05, 0) is 19.3 Å². The summed E-state index contributed by atoms with van der Waals surface area (Å²) in [6.07, 6.45) is 1.15. The van der Waals surface area contributed by atoms with Crippen molar-refractivity contribution in [2.75, 3.05) is 19.8 Å². The molecule has 2 amide bonds. The number of likely N-dealkylation sites (N-methyl/N-ethyl adjacent to an activating group) is 1. The number of amides is 2. The zero-order valence-corrected chi connectivity index (χ0v) is 13.8. The summed E-state index contributed by atoms with van der Waals surface area (Å²) in [5, 5.41) is 5.57. The number of sulfonamides is 1. The van der Waals surface area contributed by atoms with E-state index >= 15 is 0 Å². The molecule has 0 bridgehead atoms. The van der Waals surface area contributed by atoms with E-state index in [1.807, 2.05) is 34.6 Å². The molecule has 0 heterocycles. The third-order valence-corrected chi connectivity index (χ3v) is 4.06. The van der Waals surface area contributed by atoms with Crippen molar-refractivity contribution in [2.24, 2.45) is 5.41 Å². The summed E-state index contributed by atoms with van der Waals surface area (Å²) in [7, 11) is -1.75. The highest BCUT2D eigenvalue weighted by molar-refractivity contribution is 7.88. The van der Waals surface area contributed by atoms with Gasteiger partial charge in [0.1, 0.15) is 0 Å². The van der Waals surface area contributed by atoms with E-state index < -0.39 is 10.0 Å². The maximum Gasteiger partial charge on any atom is 0.315 e. The molecule has 0 aliphatic carbocycles. The van der Waals surface area contributed by atoms with Crippen LogP contribution >= 0.6 is 0 Å². The molecule has 0 aliphatic rings. The molecule has 7 heteroatoms. The number of hydrogen-bond acceptors (Lipinski definition) is 3. The number of carbonyl (C=O) groups is 1. The lowest BCUT2D eigenvalue weighted by molar-refractivity contribution is 0.205. The Morgan fingerprint density at radius 1 is 1.21 bits per heavy atom. The van der Waals surface area contributed by atoms with Crippen molar-refractivity contribution in [3.05, 3.63) is 0 Å². The second-order valence-corrected chi connectivity index (χ2v) is 8.32. The minimum atomic E-state index is -3.26. The first kappa shape index (κ1) is 18.2. The van der Waals surface area contributed by atoms with Crippen LogP contribution in [0.1, 0.15) is 34.6 Å². The van der Waals surface area contributed by atoms with Crippen molar-refractivity contribution in [2.45, 2.75) is 46.7 Å². The van der Waals surface area contributed by atoms with Crippen LogP contribution in [0, 0.1) is 5.41 Å². The van der Waals surface area contributed by atoms with Gasteiger partial charge in [-0.25, -0.2) is 17.5 Å². The van der Waals surface area contributed by atoms with E-state index in [4.69, 9.17) is 0 Å². The number of rotatable bonds is 5. The van der Waals surface area contributed by atoms with Crippen LogP contribution in [0.25, 0.3) is 0 Å². The van der Waals surface area contributed by atoms with Crippen molar-refractivity contribution in [3.63, 3.8) is 0 Å². The predicted octanol–water partition coefficient (Wildman–Crippen LogP) is 1.00. The van der Waals surface area contributed by atoms with Crippen molar-refractivity contribution >= 4 is 16.1 Å². The van der Waals surface area contributed by atoms with Crippen LogP contribution in [0.15, 0.2) is 0 Å². The normalized spacial score (nSPS) is 14.6. The predicted molar refractivity (Wildman–Crippen MR) is 77.5 cm³/mol. The Hall–Kier alpha value is -0.820. The van der Waals surface area contributed by atoms with E-state index in [-0.39, 0.29) is 30.1 Å². The van der Waals surface area contributed by atoms with E-state index in [1.54, 1.807) is 0 Å². The second kappa shape index (κ2) is 6.56. The lowest BCUT2D eigenvalue weighted by Gasteiger charge is -2.34. The molecule has 0 aromatic carbocycles. The van der Waals surface area contributed by atoms with Gasteiger partial charge in [0.2, 0.25) is 10.0 Å². The fraction of sp³-hybridized carbons (Fsp3) is 0.917. The summed E-state index contributed by atoms with van der Waals surface area (Å²) in [5.41, 5.74) is -0.243. The lowest BCUT2D eigenvalue weighted by atomic mass is 9.87. The van der Waals surface area contributed by atoms with Crippen LogP contribution in [0.2, 0.25) is 0 Å². The van der Waals surface area contributed by atoms with Crippen LogP contribution in [0.3, 0.4) is 0 Å². The molecule has 1 unspecified atom stereocenters. The third kappa shape index (κ3) is 7.37. The summed E-state index contributed by atoms with van der Waals surface area (Å²) in [6.45, 7) is 9.87. The van der Waals surface area contributed by atoms with Gasteiger partial charge < -0.3 is 10.6 Å². The molecule has 6 nitrogen and oxygen atoms in total. The molecule has 0 saturated carbocycles. The standard InChI is InChI=1S/C12H27N3O3S/c1-9(2)13-11(16)14-10(12(3,4)5)8-15(6)19(7,17)18/h9-10H,8H2,1-7H3,(H2,13,14,16). The van der Waals surface area contributed by atoms with Crippen LogP contribution in [-0.2, 0) is 10.0 Å². The first-order valence-corrected chi connectivity index (χ1v) is 8.17. The van der Waals surface area contributed by atoms with E-state index in [1.165, 1.54) is 11.4 Å². The lowest BCUT2D eigenvalue weighted by Crippen LogP contribution is -2.54. The Balaban J connectivity index is 4.81. The SMILES string of the molecule is CC(C)NC(=O)NC(CN(C)S(C)(=O)=O)C(C)(C)C. The minimum Gasteiger partial charge on any atom is -0.336 e. The molecule has 114 valence electrons. The van der Waals surface area contributed by atoms with Crippen molar-refractivity contribution in [1.29, 1.82) is 0 Å². The fourth-order valence-corrected chi connectivity index (χ4v) is 1.81. The van der Waals surface area contributed by atoms with Gasteiger partial charge in [-0.1, -0.05) is 20.8 Å². The first-order valence-electron chi connectivity index (χ1n) is 6.32. The molecule has 0 rings (SSSR count). The number of hydrogen-bond donors (Lipinski definition) is 2. The van der Waals surface area contributed by atoms with Gasteiger partial charge in [0, 0.05) is 25.7 Å². The van der Waals surface area contributed by atoms with Gasteiger partial charge in [0.15, 0.2) is 0 Å². The summed E-state index contributed by atoms with van der Waals surface area (Å²) in [5.74, 6) is 0. The molecule has 0 saturated heterocycles. The fourth-order valence-electron chi connectivity index (χ4n) is 1.39. The molecule has 0 aromatic rings. The topological polar surface area (TPSA) is 78.5 Å². The molecule has 0 aromatic heterocycles. The van der Waals surface area contributed by atoms with Crippen molar-refractivity contribution < 1.29 is 13.2 Å². The Labute approximate surface area is 117 Å². The average molecular weight is 293 g/mol. The minimum absolute atomic E-state index is 0.0354. The molecule has 0 spiro atoms. The Morgan fingerprint density at radius 3 is 2.00 bits per heavy atom. The molecule has 2 N–H and O–H groups in total. The largest absolute Gasteiger partial charge is 0.336 e. The quantitative estimate of drug-likeness (QED) is 0.794. The summed E-state index contributed by atoms with van der Waals surface area (Å²) in [4.78, 5) is 11.8.